The molecule has 1 aromatic rings. The van der Waals surface area contributed by atoms with E-state index < -0.39 is 23.2 Å². The standard InChI is InChI=1S/C11H7F5O/c1-17-7-4-2-6(3-5-7)8-9(10(8,12)13)11(14,15)16/h2-5H,1H3. The number of methoxy groups -OCH3 is 1. The third-order valence-corrected chi connectivity index (χ3v) is 2.48. The molecule has 0 N–H and O–H groups in total. The van der Waals surface area contributed by atoms with E-state index in [4.69, 9.17) is 4.74 Å². The minimum atomic E-state index is -4.99. The predicted octanol–water partition coefficient (Wildman–Crippen LogP) is 3.66. The Morgan fingerprint density at radius 2 is 1.59 bits per heavy atom. The first-order valence-electron chi connectivity index (χ1n) is 4.63. The van der Waals surface area contributed by atoms with Gasteiger partial charge in [0.05, 0.1) is 7.11 Å². The second-order valence-electron chi connectivity index (χ2n) is 3.55. The number of allylic oxidation sites excluding steroid dienone is 2. The molecule has 0 radical (unpaired) electrons. The molecule has 0 atom stereocenters. The number of rotatable bonds is 2. The van der Waals surface area contributed by atoms with Crippen LogP contribution in [-0.2, 0) is 0 Å². The fourth-order valence-electron chi connectivity index (χ4n) is 1.64. The lowest BCUT2D eigenvalue weighted by Crippen LogP contribution is -2.12. The molecular weight excluding hydrogens is 243 g/mol. The van der Waals surface area contributed by atoms with Gasteiger partial charge in [-0.2, -0.15) is 22.0 Å². The molecule has 0 saturated carbocycles. The summed E-state index contributed by atoms with van der Waals surface area (Å²) in [5.74, 6) is -3.47. The molecule has 0 amide bonds. The highest BCUT2D eigenvalue weighted by Gasteiger charge is 2.67. The maximum atomic E-state index is 13.0. The van der Waals surface area contributed by atoms with E-state index in [0.29, 0.717) is 5.75 Å². The first kappa shape index (κ1) is 11.9. The Morgan fingerprint density at radius 1 is 1.06 bits per heavy atom. The van der Waals surface area contributed by atoms with Gasteiger partial charge >= 0.3 is 12.1 Å². The lowest BCUT2D eigenvalue weighted by molar-refractivity contribution is -0.102. The summed E-state index contributed by atoms with van der Waals surface area (Å²) in [6.07, 6.45) is -4.99. The van der Waals surface area contributed by atoms with Gasteiger partial charge in [0.25, 0.3) is 0 Å². The Balaban J connectivity index is 2.37. The summed E-state index contributed by atoms with van der Waals surface area (Å²) in [4.78, 5) is 0. The van der Waals surface area contributed by atoms with Crippen molar-refractivity contribution in [3.05, 3.63) is 35.4 Å². The third kappa shape index (κ3) is 1.87. The smallest absolute Gasteiger partial charge is 0.419 e. The summed E-state index contributed by atoms with van der Waals surface area (Å²) in [7, 11) is 1.38. The Morgan fingerprint density at radius 3 is 1.94 bits per heavy atom. The van der Waals surface area contributed by atoms with Crippen LogP contribution in [0.25, 0.3) is 5.57 Å². The Hall–Kier alpha value is -1.59. The molecule has 0 bridgehead atoms. The minimum Gasteiger partial charge on any atom is -0.497 e. The van der Waals surface area contributed by atoms with Crippen molar-refractivity contribution in [3.8, 4) is 5.75 Å². The monoisotopic (exact) mass is 250 g/mol. The zero-order chi connectivity index (χ0) is 12.8. The van der Waals surface area contributed by atoms with Gasteiger partial charge in [-0.05, 0) is 17.7 Å². The van der Waals surface area contributed by atoms with E-state index >= 15 is 0 Å². The molecule has 1 aliphatic rings. The molecule has 1 aliphatic carbocycles. The highest BCUT2D eigenvalue weighted by Crippen LogP contribution is 2.61. The highest BCUT2D eigenvalue weighted by molar-refractivity contribution is 5.92. The molecule has 1 nitrogen and oxygen atoms in total. The molecule has 0 saturated heterocycles. The number of benzene rings is 1. The normalized spacial score (nSPS) is 18.2. The zero-order valence-electron chi connectivity index (χ0n) is 8.61. The van der Waals surface area contributed by atoms with Crippen molar-refractivity contribution in [1.82, 2.24) is 0 Å². The van der Waals surface area contributed by atoms with Crippen LogP contribution in [0.5, 0.6) is 5.75 Å². The molecule has 0 spiro atoms. The van der Waals surface area contributed by atoms with Crippen molar-refractivity contribution in [2.45, 2.75) is 12.1 Å². The van der Waals surface area contributed by atoms with Gasteiger partial charge in [-0.1, -0.05) is 12.1 Å². The van der Waals surface area contributed by atoms with E-state index in [2.05, 4.69) is 0 Å². The average molecular weight is 250 g/mol. The van der Waals surface area contributed by atoms with Gasteiger partial charge in [-0.25, -0.2) is 0 Å². The van der Waals surface area contributed by atoms with E-state index in [0.717, 1.165) is 0 Å². The fraction of sp³-hybridized carbons (Fsp3) is 0.273. The van der Waals surface area contributed by atoms with Gasteiger partial charge in [0.15, 0.2) is 0 Å². The predicted molar refractivity (Wildman–Crippen MR) is 50.9 cm³/mol. The number of alkyl halides is 5. The fourth-order valence-corrected chi connectivity index (χ4v) is 1.64. The molecule has 0 fully saturated rings. The summed E-state index contributed by atoms with van der Waals surface area (Å²) in [5, 5.41) is 0. The van der Waals surface area contributed by atoms with Crippen LogP contribution in [0.2, 0.25) is 0 Å². The largest absolute Gasteiger partial charge is 0.497 e. The van der Waals surface area contributed by atoms with Gasteiger partial charge in [-0.15, -0.1) is 0 Å². The Labute approximate surface area is 93.5 Å². The molecule has 6 heteroatoms. The maximum Gasteiger partial charge on any atom is 0.419 e. The van der Waals surface area contributed by atoms with E-state index in [9.17, 15) is 22.0 Å². The van der Waals surface area contributed by atoms with Gasteiger partial charge in [0.1, 0.15) is 11.3 Å². The molecule has 1 aromatic carbocycles. The van der Waals surface area contributed by atoms with Crippen molar-refractivity contribution in [1.29, 1.82) is 0 Å². The van der Waals surface area contributed by atoms with Crippen LogP contribution < -0.4 is 4.74 Å². The van der Waals surface area contributed by atoms with E-state index in [1.807, 2.05) is 0 Å². The Bertz CT molecular complexity index is 470. The first-order chi connectivity index (χ1) is 7.78. The van der Waals surface area contributed by atoms with Gasteiger partial charge in [0.2, 0.25) is 0 Å². The SMILES string of the molecule is COc1ccc(C2=C(C(F)(F)F)C2(F)F)cc1. The van der Waals surface area contributed by atoms with Crippen LogP contribution in [0.3, 0.4) is 0 Å². The molecule has 92 valence electrons. The molecule has 0 aromatic heterocycles. The van der Waals surface area contributed by atoms with Crippen LogP contribution in [0.15, 0.2) is 29.8 Å². The lowest BCUT2D eigenvalue weighted by Gasteiger charge is -2.02. The first-order valence-corrected chi connectivity index (χ1v) is 4.63. The van der Waals surface area contributed by atoms with Gasteiger partial charge in [-0.3, -0.25) is 0 Å². The van der Waals surface area contributed by atoms with E-state index in [1.54, 1.807) is 0 Å². The summed E-state index contributed by atoms with van der Waals surface area (Å²) in [6.45, 7) is 0. The Kier molecular flexibility index (Phi) is 2.41. The number of hydrogen-bond acceptors (Lipinski definition) is 1. The number of ether oxygens (including phenoxy) is 1. The van der Waals surface area contributed by atoms with Crippen LogP contribution in [0.1, 0.15) is 5.56 Å². The van der Waals surface area contributed by atoms with Crippen molar-refractivity contribution >= 4 is 5.57 Å². The van der Waals surface area contributed by atoms with Gasteiger partial charge < -0.3 is 4.74 Å². The quantitative estimate of drug-likeness (QED) is 0.728. The molecule has 0 heterocycles. The second kappa shape index (κ2) is 3.45. The molecule has 2 rings (SSSR count). The topological polar surface area (TPSA) is 9.23 Å². The van der Waals surface area contributed by atoms with Crippen LogP contribution >= 0.6 is 0 Å². The van der Waals surface area contributed by atoms with Crippen LogP contribution in [0.4, 0.5) is 22.0 Å². The van der Waals surface area contributed by atoms with Crippen LogP contribution in [-0.4, -0.2) is 19.2 Å². The van der Waals surface area contributed by atoms with Crippen molar-refractivity contribution in [2.75, 3.05) is 7.11 Å². The maximum absolute atomic E-state index is 13.0. The zero-order valence-corrected chi connectivity index (χ0v) is 8.61. The lowest BCUT2D eigenvalue weighted by atomic mass is 10.1. The van der Waals surface area contributed by atoms with Crippen molar-refractivity contribution in [2.24, 2.45) is 0 Å². The minimum absolute atomic E-state index is 0.136. The summed E-state index contributed by atoms with van der Waals surface area (Å²) >= 11 is 0. The van der Waals surface area contributed by atoms with Crippen molar-refractivity contribution < 1.29 is 26.7 Å². The molecule has 0 unspecified atom stereocenters. The number of hydrogen-bond donors (Lipinski definition) is 0. The third-order valence-electron chi connectivity index (χ3n) is 2.48. The highest BCUT2D eigenvalue weighted by atomic mass is 19.4. The van der Waals surface area contributed by atoms with Crippen molar-refractivity contribution in [3.63, 3.8) is 0 Å². The second-order valence-corrected chi connectivity index (χ2v) is 3.55. The summed E-state index contributed by atoms with van der Waals surface area (Å²) < 4.78 is 67.6. The van der Waals surface area contributed by atoms with Crippen LogP contribution in [0, 0.1) is 0 Å². The summed E-state index contributed by atoms with van der Waals surface area (Å²) in [6, 6.07) is 5.04. The molecule has 0 aliphatic heterocycles. The number of halogens is 5. The molecule has 17 heavy (non-hydrogen) atoms. The summed E-state index contributed by atoms with van der Waals surface area (Å²) in [5.41, 5.74) is -2.84. The van der Waals surface area contributed by atoms with Gasteiger partial charge in [0, 0.05) is 5.57 Å². The van der Waals surface area contributed by atoms with E-state index in [1.165, 1.54) is 31.4 Å². The van der Waals surface area contributed by atoms with E-state index in [-0.39, 0.29) is 5.56 Å². The average Bonchev–Trinajstić information content (AvgIpc) is 2.82. The molecular formula is C11H7F5O.